The molecule has 0 radical (unpaired) electrons. The summed E-state index contributed by atoms with van der Waals surface area (Å²) in [4.78, 5) is 0.260. The predicted molar refractivity (Wildman–Crippen MR) is 72.0 cm³/mol. The van der Waals surface area contributed by atoms with E-state index in [-0.39, 0.29) is 24.6 Å². The molecule has 0 saturated heterocycles. The van der Waals surface area contributed by atoms with Crippen molar-refractivity contribution in [1.29, 1.82) is 0 Å². The van der Waals surface area contributed by atoms with Gasteiger partial charge < -0.3 is 5.11 Å². The highest BCUT2D eigenvalue weighted by Gasteiger charge is 2.23. The lowest BCUT2D eigenvalue weighted by molar-refractivity contribution is 0.260. The lowest BCUT2D eigenvalue weighted by Crippen LogP contribution is -2.33. The van der Waals surface area contributed by atoms with E-state index >= 15 is 0 Å². The van der Waals surface area contributed by atoms with Crippen molar-refractivity contribution in [3.8, 4) is 0 Å². The van der Waals surface area contributed by atoms with Gasteiger partial charge in [-0.2, -0.15) is 4.31 Å². The van der Waals surface area contributed by atoms with E-state index < -0.39 is 10.0 Å². The van der Waals surface area contributed by atoms with Crippen molar-refractivity contribution < 1.29 is 13.5 Å². The lowest BCUT2D eigenvalue weighted by atomic mass is 10.2. The fourth-order valence-corrected chi connectivity index (χ4v) is 3.39. The maximum absolute atomic E-state index is 12.4. The third-order valence-corrected chi connectivity index (χ3v) is 4.36. The molecule has 18 heavy (non-hydrogen) atoms. The first-order valence-electron chi connectivity index (χ1n) is 5.72. The van der Waals surface area contributed by atoms with Crippen LogP contribution >= 0.6 is 0 Å². The maximum atomic E-state index is 12.4. The van der Waals surface area contributed by atoms with Gasteiger partial charge in [0.25, 0.3) is 0 Å². The molecular weight excluding hydrogens is 250 g/mol. The minimum Gasteiger partial charge on any atom is -0.395 e. The van der Waals surface area contributed by atoms with E-state index in [1.54, 1.807) is 12.1 Å². The average Bonchev–Trinajstić information content (AvgIpc) is 2.27. The van der Waals surface area contributed by atoms with Gasteiger partial charge in [0.2, 0.25) is 10.0 Å². The molecule has 0 aliphatic carbocycles. The summed E-state index contributed by atoms with van der Waals surface area (Å²) < 4.78 is 26.0. The molecule has 0 aliphatic heterocycles. The number of nitrogens with zero attached hydrogens (tertiary/aromatic N) is 1. The lowest BCUT2D eigenvalue weighted by Gasteiger charge is -2.20. The first-order valence-corrected chi connectivity index (χ1v) is 7.16. The summed E-state index contributed by atoms with van der Waals surface area (Å²) in [5, 5.41) is 8.94. The molecule has 0 unspecified atom stereocenters. The molecule has 0 saturated carbocycles. The van der Waals surface area contributed by atoms with E-state index in [1.165, 1.54) is 10.4 Å². The molecule has 5 heteroatoms. The number of aryl methyl sites for hydroxylation is 2. The van der Waals surface area contributed by atoms with E-state index in [2.05, 4.69) is 6.58 Å². The summed E-state index contributed by atoms with van der Waals surface area (Å²) in [5.74, 6) is 0. The van der Waals surface area contributed by atoms with Gasteiger partial charge >= 0.3 is 0 Å². The van der Waals surface area contributed by atoms with Crippen molar-refractivity contribution in [2.75, 3.05) is 19.7 Å². The Kier molecular flexibility index (Phi) is 5.07. The first-order chi connectivity index (χ1) is 8.41. The highest BCUT2D eigenvalue weighted by atomic mass is 32.2. The number of aliphatic hydroxyl groups excluding tert-OH is 1. The molecule has 0 heterocycles. The van der Waals surface area contributed by atoms with Gasteiger partial charge in [-0.25, -0.2) is 8.42 Å². The quantitative estimate of drug-likeness (QED) is 0.796. The Morgan fingerprint density at radius 2 is 1.83 bits per heavy atom. The Bertz CT molecular complexity index is 503. The van der Waals surface area contributed by atoms with Crippen molar-refractivity contribution >= 4 is 10.0 Å². The number of sulfonamides is 1. The minimum atomic E-state index is -3.57. The van der Waals surface area contributed by atoms with Crippen LogP contribution in [0.1, 0.15) is 11.1 Å². The predicted octanol–water partition coefficient (Wildman–Crippen LogP) is 1.47. The third kappa shape index (κ3) is 3.41. The Balaban J connectivity index is 3.21. The highest BCUT2D eigenvalue weighted by molar-refractivity contribution is 7.89. The zero-order chi connectivity index (χ0) is 13.8. The van der Waals surface area contributed by atoms with E-state index in [9.17, 15) is 8.42 Å². The molecule has 1 rings (SSSR count). The van der Waals surface area contributed by atoms with Gasteiger partial charge in [0.05, 0.1) is 11.5 Å². The summed E-state index contributed by atoms with van der Waals surface area (Å²) in [7, 11) is -3.57. The summed E-state index contributed by atoms with van der Waals surface area (Å²) >= 11 is 0. The van der Waals surface area contributed by atoms with Crippen LogP contribution in [0.25, 0.3) is 0 Å². The van der Waals surface area contributed by atoms with Crippen LogP contribution in [0.3, 0.4) is 0 Å². The van der Waals surface area contributed by atoms with Gasteiger partial charge in [-0.15, -0.1) is 6.58 Å². The van der Waals surface area contributed by atoms with Gasteiger partial charge in [0, 0.05) is 13.1 Å². The van der Waals surface area contributed by atoms with Crippen molar-refractivity contribution in [1.82, 2.24) is 4.31 Å². The third-order valence-electron chi connectivity index (χ3n) is 2.52. The molecule has 1 aromatic carbocycles. The van der Waals surface area contributed by atoms with Gasteiger partial charge in [-0.1, -0.05) is 12.1 Å². The monoisotopic (exact) mass is 269 g/mol. The molecule has 1 N–H and O–H groups in total. The summed E-state index contributed by atoms with van der Waals surface area (Å²) in [6, 6.07) is 5.19. The molecule has 4 nitrogen and oxygen atoms in total. The molecule has 0 aliphatic rings. The number of aliphatic hydroxyl groups is 1. The smallest absolute Gasteiger partial charge is 0.243 e. The van der Waals surface area contributed by atoms with Crippen molar-refractivity contribution in [2.24, 2.45) is 0 Å². The number of hydrogen-bond acceptors (Lipinski definition) is 3. The van der Waals surface area contributed by atoms with Crippen molar-refractivity contribution in [3.63, 3.8) is 0 Å². The van der Waals surface area contributed by atoms with Gasteiger partial charge in [-0.3, -0.25) is 0 Å². The van der Waals surface area contributed by atoms with Gasteiger partial charge in [0.15, 0.2) is 0 Å². The normalized spacial score (nSPS) is 11.8. The Morgan fingerprint density at radius 1 is 1.28 bits per heavy atom. The molecule has 0 atom stereocenters. The van der Waals surface area contributed by atoms with Gasteiger partial charge in [-0.05, 0) is 37.1 Å². The molecule has 0 fully saturated rings. The van der Waals surface area contributed by atoms with E-state index in [0.717, 1.165) is 11.1 Å². The Morgan fingerprint density at radius 3 is 2.28 bits per heavy atom. The van der Waals surface area contributed by atoms with Crippen LogP contribution in [0.2, 0.25) is 0 Å². The zero-order valence-electron chi connectivity index (χ0n) is 10.8. The SMILES string of the molecule is C=CCN(CCO)S(=O)(=O)c1cc(C)cc(C)c1. The van der Waals surface area contributed by atoms with Crippen LogP contribution in [-0.4, -0.2) is 37.5 Å². The fourth-order valence-electron chi connectivity index (χ4n) is 1.80. The molecule has 0 spiro atoms. The molecule has 1 aromatic rings. The van der Waals surface area contributed by atoms with E-state index in [0.29, 0.717) is 0 Å². The van der Waals surface area contributed by atoms with Crippen LogP contribution < -0.4 is 0 Å². The standard InChI is InChI=1S/C13H19NO3S/c1-4-5-14(6-7-15)18(16,17)13-9-11(2)8-12(3)10-13/h4,8-10,15H,1,5-7H2,2-3H3. The van der Waals surface area contributed by atoms with E-state index in [1.807, 2.05) is 19.9 Å². The molecule has 0 aromatic heterocycles. The molecular formula is C13H19NO3S. The van der Waals surface area contributed by atoms with Crippen LogP contribution in [0, 0.1) is 13.8 Å². The summed E-state index contributed by atoms with van der Waals surface area (Å²) in [6.07, 6.45) is 1.51. The van der Waals surface area contributed by atoms with Gasteiger partial charge in [0.1, 0.15) is 0 Å². The second-order valence-corrected chi connectivity index (χ2v) is 6.14. The Labute approximate surface area is 109 Å². The summed E-state index contributed by atoms with van der Waals surface area (Å²) in [5.41, 5.74) is 1.80. The maximum Gasteiger partial charge on any atom is 0.243 e. The molecule has 0 bridgehead atoms. The Hall–Kier alpha value is -1.17. The topological polar surface area (TPSA) is 57.6 Å². The van der Waals surface area contributed by atoms with E-state index in [4.69, 9.17) is 5.11 Å². The second kappa shape index (κ2) is 6.13. The van der Waals surface area contributed by atoms with Crippen LogP contribution in [-0.2, 0) is 10.0 Å². The van der Waals surface area contributed by atoms with Crippen molar-refractivity contribution in [2.45, 2.75) is 18.7 Å². The van der Waals surface area contributed by atoms with Crippen LogP contribution in [0.15, 0.2) is 35.7 Å². The van der Waals surface area contributed by atoms with Crippen LogP contribution in [0.4, 0.5) is 0 Å². The number of hydrogen-bond donors (Lipinski definition) is 1. The summed E-state index contributed by atoms with van der Waals surface area (Å²) in [6.45, 7) is 7.30. The fraction of sp³-hybridized carbons (Fsp3) is 0.385. The minimum absolute atomic E-state index is 0.0708. The largest absolute Gasteiger partial charge is 0.395 e. The average molecular weight is 269 g/mol. The van der Waals surface area contributed by atoms with Crippen molar-refractivity contribution in [3.05, 3.63) is 42.0 Å². The first kappa shape index (κ1) is 14.9. The number of rotatable bonds is 6. The molecule has 100 valence electrons. The molecule has 0 amide bonds. The van der Waals surface area contributed by atoms with Crippen LogP contribution in [0.5, 0.6) is 0 Å². The second-order valence-electron chi connectivity index (χ2n) is 4.20. The zero-order valence-corrected chi connectivity index (χ0v) is 11.6. The highest BCUT2D eigenvalue weighted by Crippen LogP contribution is 2.18. The number of benzene rings is 1.